The van der Waals surface area contributed by atoms with Gasteiger partial charge in [0, 0.05) is 82.2 Å². The van der Waals surface area contributed by atoms with Crippen molar-refractivity contribution >= 4 is 23.1 Å². The second kappa shape index (κ2) is 10.4. The number of nitrogens with one attached hydrogen (secondary N) is 1. The Morgan fingerprint density at radius 1 is 0.824 bits per heavy atom. The maximum Gasteiger partial charge on any atom is 0.227 e. The molecule has 1 fully saturated rings. The van der Waals surface area contributed by atoms with E-state index >= 15 is 0 Å². The van der Waals surface area contributed by atoms with Crippen molar-refractivity contribution in [3.63, 3.8) is 0 Å². The average molecular weight is 459 g/mol. The zero-order chi connectivity index (χ0) is 23.3. The predicted octanol–water partition coefficient (Wildman–Crippen LogP) is 3.18. The molecule has 1 aromatic carbocycles. The van der Waals surface area contributed by atoms with Gasteiger partial charge in [-0.05, 0) is 56.4 Å². The van der Waals surface area contributed by atoms with E-state index in [2.05, 4.69) is 80.4 Å². The van der Waals surface area contributed by atoms with Crippen molar-refractivity contribution in [2.45, 2.75) is 6.42 Å². The molecule has 2 aromatic heterocycles. The van der Waals surface area contributed by atoms with E-state index in [0.29, 0.717) is 5.95 Å². The van der Waals surface area contributed by atoms with Gasteiger partial charge in [0.25, 0.3) is 0 Å². The summed E-state index contributed by atoms with van der Waals surface area (Å²) in [4.78, 5) is 23.6. The van der Waals surface area contributed by atoms with E-state index in [1.165, 1.54) is 5.69 Å². The van der Waals surface area contributed by atoms with Crippen LogP contribution < -0.4 is 15.1 Å². The van der Waals surface area contributed by atoms with Crippen LogP contribution in [0.3, 0.4) is 0 Å². The maximum absolute atomic E-state index is 4.74. The molecule has 0 saturated carbocycles. The highest BCUT2D eigenvalue weighted by molar-refractivity contribution is 5.65. The lowest BCUT2D eigenvalue weighted by molar-refractivity contribution is 0.215. The summed E-state index contributed by atoms with van der Waals surface area (Å²) < 4.78 is 0. The van der Waals surface area contributed by atoms with Gasteiger partial charge in [0.1, 0.15) is 5.82 Å². The van der Waals surface area contributed by atoms with Crippen molar-refractivity contribution in [3.05, 3.63) is 54.9 Å². The lowest BCUT2D eigenvalue weighted by Gasteiger charge is -2.37. The third-order valence-corrected chi connectivity index (χ3v) is 6.76. The fourth-order valence-corrected chi connectivity index (χ4v) is 4.60. The molecule has 0 radical (unpaired) electrons. The minimum atomic E-state index is 0.590. The molecule has 3 aromatic rings. The second-order valence-electron chi connectivity index (χ2n) is 9.25. The molecule has 34 heavy (non-hydrogen) atoms. The number of rotatable bonds is 0. The minimum absolute atomic E-state index is 0.590. The monoisotopic (exact) mass is 458 g/mol. The SMILES string of the molecule is CN1CCCN(C)c2ccc(cn2)-c2ccnc(n2)Nc2cccc(c2)N2CCN(CC1)CC2. The second-order valence-corrected chi connectivity index (χ2v) is 9.25. The Kier molecular flexibility index (Phi) is 6.87. The van der Waals surface area contributed by atoms with Crippen LogP contribution in [0.2, 0.25) is 0 Å². The standard InChI is InChI=1S/C26H34N8/c1-31-11-4-12-32(2)25-8-7-21(20-28-25)24-9-10-27-26(30-24)29-22-5-3-6-23(19-22)34-17-15-33(14-13-31)16-18-34/h3,5-10,19-20H,4,11-18H2,1-2H3,(H,27,29,30). The van der Waals surface area contributed by atoms with Gasteiger partial charge in [-0.2, -0.15) is 0 Å². The van der Waals surface area contributed by atoms with Crippen LogP contribution in [0.4, 0.5) is 23.1 Å². The summed E-state index contributed by atoms with van der Waals surface area (Å²) in [5.41, 5.74) is 4.08. The van der Waals surface area contributed by atoms with Crippen LogP contribution in [-0.2, 0) is 0 Å². The van der Waals surface area contributed by atoms with E-state index in [-0.39, 0.29) is 0 Å². The molecule has 0 unspecified atom stereocenters. The quantitative estimate of drug-likeness (QED) is 0.551. The summed E-state index contributed by atoms with van der Waals surface area (Å²) in [6.07, 6.45) is 4.80. The summed E-state index contributed by atoms with van der Waals surface area (Å²) in [5, 5.41) is 3.39. The molecular weight excluding hydrogens is 424 g/mol. The van der Waals surface area contributed by atoms with Crippen molar-refractivity contribution < 1.29 is 0 Å². The van der Waals surface area contributed by atoms with Gasteiger partial charge in [0.05, 0.1) is 5.69 Å². The van der Waals surface area contributed by atoms with E-state index in [0.717, 1.165) is 81.5 Å². The van der Waals surface area contributed by atoms with Crippen LogP contribution in [-0.4, -0.2) is 91.2 Å². The van der Waals surface area contributed by atoms with Crippen LogP contribution in [0.1, 0.15) is 6.42 Å². The first-order chi connectivity index (χ1) is 16.6. The largest absolute Gasteiger partial charge is 0.369 e. The predicted molar refractivity (Wildman–Crippen MR) is 139 cm³/mol. The number of hydrogen-bond donors (Lipinski definition) is 1. The smallest absolute Gasteiger partial charge is 0.227 e. The van der Waals surface area contributed by atoms with Gasteiger partial charge >= 0.3 is 0 Å². The van der Waals surface area contributed by atoms with Crippen LogP contribution >= 0.6 is 0 Å². The van der Waals surface area contributed by atoms with Gasteiger partial charge in [-0.1, -0.05) is 6.07 Å². The number of aromatic nitrogens is 3. The van der Waals surface area contributed by atoms with E-state index in [1.54, 1.807) is 6.20 Å². The Morgan fingerprint density at radius 2 is 1.68 bits per heavy atom. The molecule has 8 bridgehead atoms. The Labute approximate surface area is 202 Å². The number of nitrogens with zero attached hydrogens (tertiary/aromatic N) is 7. The number of hydrogen-bond acceptors (Lipinski definition) is 8. The van der Waals surface area contributed by atoms with Crippen molar-refractivity contribution in [1.29, 1.82) is 0 Å². The number of pyridine rings is 1. The molecular formula is C26H34N8. The maximum atomic E-state index is 4.74. The Bertz CT molecular complexity index is 1080. The molecule has 0 aliphatic carbocycles. The number of piperazine rings is 1. The molecule has 5 aliphatic heterocycles. The molecule has 0 atom stereocenters. The number of anilines is 4. The van der Waals surface area contributed by atoms with Gasteiger partial charge in [0.2, 0.25) is 5.95 Å². The zero-order valence-electron chi connectivity index (χ0n) is 20.2. The molecule has 7 heterocycles. The van der Waals surface area contributed by atoms with Gasteiger partial charge in [0.15, 0.2) is 0 Å². The fraction of sp³-hybridized carbons (Fsp3) is 0.423. The van der Waals surface area contributed by atoms with E-state index in [9.17, 15) is 0 Å². The first-order valence-corrected chi connectivity index (χ1v) is 12.2. The lowest BCUT2D eigenvalue weighted by atomic mass is 10.2. The third-order valence-electron chi connectivity index (χ3n) is 6.76. The average Bonchev–Trinajstić information content (AvgIpc) is 2.88. The van der Waals surface area contributed by atoms with E-state index in [4.69, 9.17) is 9.97 Å². The van der Waals surface area contributed by atoms with Crippen LogP contribution in [0, 0.1) is 0 Å². The topological polar surface area (TPSA) is 63.7 Å². The molecule has 0 amide bonds. The van der Waals surface area contributed by atoms with Crippen molar-refractivity contribution in [3.8, 4) is 11.3 Å². The van der Waals surface area contributed by atoms with Crippen LogP contribution in [0.25, 0.3) is 11.3 Å². The molecule has 1 saturated heterocycles. The first-order valence-electron chi connectivity index (χ1n) is 12.2. The Balaban J connectivity index is 1.40. The Hall–Kier alpha value is -3.23. The molecule has 0 spiro atoms. The molecule has 178 valence electrons. The Morgan fingerprint density at radius 3 is 2.50 bits per heavy atom. The molecule has 8 nitrogen and oxygen atoms in total. The fourth-order valence-electron chi connectivity index (χ4n) is 4.60. The number of benzene rings is 1. The lowest BCUT2D eigenvalue weighted by Crippen LogP contribution is -2.48. The molecule has 8 rings (SSSR count). The van der Waals surface area contributed by atoms with Gasteiger partial charge in [-0.3, -0.25) is 4.90 Å². The highest BCUT2D eigenvalue weighted by Crippen LogP contribution is 2.24. The minimum Gasteiger partial charge on any atom is -0.369 e. The summed E-state index contributed by atoms with van der Waals surface area (Å²) in [6, 6.07) is 14.6. The summed E-state index contributed by atoms with van der Waals surface area (Å²) in [6.45, 7) is 8.59. The summed E-state index contributed by atoms with van der Waals surface area (Å²) in [5.74, 6) is 1.57. The summed E-state index contributed by atoms with van der Waals surface area (Å²) in [7, 11) is 4.34. The van der Waals surface area contributed by atoms with Crippen molar-refractivity contribution in [2.24, 2.45) is 0 Å². The molecule has 1 N–H and O–H groups in total. The highest BCUT2D eigenvalue weighted by Gasteiger charge is 2.18. The van der Waals surface area contributed by atoms with Crippen LogP contribution in [0.15, 0.2) is 54.9 Å². The van der Waals surface area contributed by atoms with E-state index < -0.39 is 0 Å². The summed E-state index contributed by atoms with van der Waals surface area (Å²) >= 11 is 0. The zero-order valence-corrected chi connectivity index (χ0v) is 20.2. The van der Waals surface area contributed by atoms with Gasteiger partial charge < -0.3 is 20.0 Å². The van der Waals surface area contributed by atoms with Gasteiger partial charge in [-0.25, -0.2) is 15.0 Å². The van der Waals surface area contributed by atoms with Crippen molar-refractivity contribution in [1.82, 2.24) is 24.8 Å². The highest BCUT2D eigenvalue weighted by atomic mass is 15.3. The molecule has 5 aliphatic rings. The number of likely N-dealkylation sites (N-methyl/N-ethyl adjacent to an activating group) is 1. The van der Waals surface area contributed by atoms with Gasteiger partial charge in [-0.15, -0.1) is 0 Å². The normalized spacial score (nSPS) is 18.3. The van der Waals surface area contributed by atoms with Crippen LogP contribution in [0.5, 0.6) is 0 Å². The molecule has 8 heteroatoms. The third kappa shape index (κ3) is 5.46. The van der Waals surface area contributed by atoms with E-state index in [1.807, 2.05) is 12.3 Å². The van der Waals surface area contributed by atoms with Crippen molar-refractivity contribution in [2.75, 3.05) is 81.6 Å². The first kappa shape index (κ1) is 22.6.